The van der Waals surface area contributed by atoms with Gasteiger partial charge in [-0.3, -0.25) is 4.79 Å². The molecule has 0 bridgehead atoms. The molecule has 1 saturated heterocycles. The highest BCUT2D eigenvalue weighted by molar-refractivity contribution is 5.85. The largest absolute Gasteiger partial charge is 0.342 e. The van der Waals surface area contributed by atoms with Gasteiger partial charge in [0.25, 0.3) is 0 Å². The second-order valence-corrected chi connectivity index (χ2v) is 6.03. The van der Waals surface area contributed by atoms with Crippen LogP contribution in [0.15, 0.2) is 0 Å². The van der Waals surface area contributed by atoms with Crippen LogP contribution >= 0.6 is 12.4 Å². The summed E-state index contributed by atoms with van der Waals surface area (Å²) in [5, 5.41) is 3.42. The van der Waals surface area contributed by atoms with Gasteiger partial charge in [-0.1, -0.05) is 20.3 Å². The summed E-state index contributed by atoms with van der Waals surface area (Å²) in [4.78, 5) is 14.7. The lowest BCUT2D eigenvalue weighted by Crippen LogP contribution is -2.50. The first kappa shape index (κ1) is 16.8. The van der Waals surface area contributed by atoms with Crippen molar-refractivity contribution < 1.29 is 4.79 Å². The van der Waals surface area contributed by atoms with E-state index >= 15 is 0 Å². The van der Waals surface area contributed by atoms with Crippen molar-refractivity contribution >= 4 is 18.3 Å². The molecule has 1 aliphatic heterocycles. The maximum Gasteiger partial charge on any atom is 0.228 e. The molecule has 1 heterocycles. The Hall–Kier alpha value is -0.280. The molecule has 2 aliphatic rings. The minimum absolute atomic E-state index is 0. The minimum Gasteiger partial charge on any atom is -0.342 e. The first-order chi connectivity index (χ1) is 8.72. The van der Waals surface area contributed by atoms with Crippen LogP contribution in [0.4, 0.5) is 0 Å². The fraction of sp³-hybridized carbons (Fsp3) is 0.933. The third kappa shape index (κ3) is 3.63. The summed E-state index contributed by atoms with van der Waals surface area (Å²) in [6, 6.07) is 0. The zero-order valence-electron chi connectivity index (χ0n) is 12.4. The molecule has 1 amide bonds. The van der Waals surface area contributed by atoms with Crippen molar-refractivity contribution in [3.63, 3.8) is 0 Å². The van der Waals surface area contributed by atoms with Gasteiger partial charge < -0.3 is 10.2 Å². The number of carbonyl (C=O) groups excluding carboxylic acids is 1. The molecule has 2 fully saturated rings. The molecule has 4 heteroatoms. The van der Waals surface area contributed by atoms with Crippen molar-refractivity contribution in [2.45, 2.75) is 52.4 Å². The molecular formula is C15H29ClN2O. The van der Waals surface area contributed by atoms with Crippen LogP contribution in [0.5, 0.6) is 0 Å². The topological polar surface area (TPSA) is 32.3 Å². The van der Waals surface area contributed by atoms with Crippen LogP contribution in [0, 0.1) is 11.3 Å². The van der Waals surface area contributed by atoms with Crippen LogP contribution in [0.25, 0.3) is 0 Å². The third-order valence-electron chi connectivity index (χ3n) is 5.03. The van der Waals surface area contributed by atoms with Gasteiger partial charge in [0.05, 0.1) is 0 Å². The van der Waals surface area contributed by atoms with E-state index < -0.39 is 0 Å². The van der Waals surface area contributed by atoms with Crippen LogP contribution < -0.4 is 5.32 Å². The monoisotopic (exact) mass is 288 g/mol. The fourth-order valence-electron chi connectivity index (χ4n) is 3.35. The zero-order valence-corrected chi connectivity index (χ0v) is 13.2. The molecule has 0 aromatic rings. The summed E-state index contributed by atoms with van der Waals surface area (Å²) < 4.78 is 0. The molecule has 112 valence electrons. The number of nitrogens with one attached hydrogen (secondary N) is 1. The van der Waals surface area contributed by atoms with Gasteiger partial charge in [-0.15, -0.1) is 12.4 Å². The number of halogens is 1. The molecule has 0 spiro atoms. The number of carbonyl (C=O) groups is 1. The molecule has 0 aromatic heterocycles. The quantitative estimate of drug-likeness (QED) is 0.844. The van der Waals surface area contributed by atoms with Crippen LogP contribution in [0.2, 0.25) is 0 Å². The molecular weight excluding hydrogens is 260 g/mol. The van der Waals surface area contributed by atoms with E-state index in [-0.39, 0.29) is 17.8 Å². The number of amides is 1. The molecule has 19 heavy (non-hydrogen) atoms. The lowest BCUT2D eigenvalue weighted by molar-refractivity contribution is -0.149. The standard InChI is InChI=1S/C15H28N2O.ClH/c1-3-15(8-5-9-15)14(18)17-10-6-13(7-11-17)12-16-4-2;/h13,16H,3-12H2,1-2H3;1H. The highest BCUT2D eigenvalue weighted by Crippen LogP contribution is 2.45. The smallest absolute Gasteiger partial charge is 0.228 e. The molecule has 0 aromatic carbocycles. The second-order valence-electron chi connectivity index (χ2n) is 6.03. The van der Waals surface area contributed by atoms with Crippen LogP contribution in [-0.2, 0) is 4.79 Å². The lowest BCUT2D eigenvalue weighted by atomic mass is 9.66. The van der Waals surface area contributed by atoms with Crippen molar-refractivity contribution in [1.82, 2.24) is 10.2 Å². The zero-order chi connectivity index (χ0) is 13.0. The van der Waals surface area contributed by atoms with E-state index in [4.69, 9.17) is 0 Å². The summed E-state index contributed by atoms with van der Waals surface area (Å²) in [6.45, 7) is 8.47. The van der Waals surface area contributed by atoms with Gasteiger partial charge in [-0.05, 0) is 51.1 Å². The summed E-state index contributed by atoms with van der Waals surface area (Å²) in [5.74, 6) is 1.23. The van der Waals surface area contributed by atoms with Gasteiger partial charge in [0.1, 0.15) is 0 Å². The first-order valence-electron chi connectivity index (χ1n) is 7.72. The molecule has 0 unspecified atom stereocenters. The van der Waals surface area contributed by atoms with E-state index in [9.17, 15) is 4.79 Å². The Bertz CT molecular complexity index is 278. The minimum atomic E-state index is 0. The normalized spacial score (nSPS) is 22.5. The average Bonchev–Trinajstić information content (AvgIpc) is 2.36. The molecule has 1 N–H and O–H groups in total. The third-order valence-corrected chi connectivity index (χ3v) is 5.03. The molecule has 2 rings (SSSR count). The maximum absolute atomic E-state index is 12.6. The number of rotatable bonds is 5. The molecule has 0 atom stereocenters. The van der Waals surface area contributed by atoms with E-state index in [1.54, 1.807) is 0 Å². The predicted octanol–water partition coefficient (Wildman–Crippen LogP) is 2.84. The second kappa shape index (κ2) is 7.49. The van der Waals surface area contributed by atoms with Crippen LogP contribution in [0.3, 0.4) is 0 Å². The lowest BCUT2D eigenvalue weighted by Gasteiger charge is -2.45. The Labute approximate surface area is 123 Å². The van der Waals surface area contributed by atoms with Crippen molar-refractivity contribution in [1.29, 1.82) is 0 Å². The van der Waals surface area contributed by atoms with E-state index in [1.165, 1.54) is 19.3 Å². The number of hydrogen-bond acceptors (Lipinski definition) is 2. The van der Waals surface area contributed by atoms with Gasteiger partial charge in [-0.25, -0.2) is 0 Å². The van der Waals surface area contributed by atoms with Gasteiger partial charge in [0.2, 0.25) is 5.91 Å². The van der Waals surface area contributed by atoms with Gasteiger partial charge >= 0.3 is 0 Å². The summed E-state index contributed by atoms with van der Waals surface area (Å²) in [7, 11) is 0. The Morgan fingerprint density at radius 2 is 1.89 bits per heavy atom. The number of piperidine rings is 1. The molecule has 3 nitrogen and oxygen atoms in total. The molecule has 1 saturated carbocycles. The Kier molecular flexibility index (Phi) is 6.61. The van der Waals surface area contributed by atoms with Crippen molar-refractivity contribution in [2.75, 3.05) is 26.2 Å². The van der Waals surface area contributed by atoms with Crippen molar-refractivity contribution in [2.24, 2.45) is 11.3 Å². The summed E-state index contributed by atoms with van der Waals surface area (Å²) in [6.07, 6.45) is 6.88. The first-order valence-corrected chi connectivity index (χ1v) is 7.72. The number of hydrogen-bond donors (Lipinski definition) is 1. The van der Waals surface area contributed by atoms with E-state index in [2.05, 4.69) is 24.1 Å². The summed E-state index contributed by atoms with van der Waals surface area (Å²) in [5.41, 5.74) is 0.0362. The average molecular weight is 289 g/mol. The molecule has 0 radical (unpaired) electrons. The molecule has 1 aliphatic carbocycles. The van der Waals surface area contributed by atoms with E-state index in [0.29, 0.717) is 5.91 Å². The number of nitrogens with zero attached hydrogens (tertiary/aromatic N) is 1. The summed E-state index contributed by atoms with van der Waals surface area (Å²) >= 11 is 0. The highest BCUT2D eigenvalue weighted by Gasteiger charge is 2.44. The SMILES string of the molecule is CCNCC1CCN(C(=O)C2(CC)CCC2)CC1.Cl. The Morgan fingerprint density at radius 1 is 1.26 bits per heavy atom. The van der Waals surface area contributed by atoms with E-state index in [0.717, 1.165) is 51.4 Å². The van der Waals surface area contributed by atoms with E-state index in [1.807, 2.05) is 0 Å². The van der Waals surface area contributed by atoms with Gasteiger partial charge in [-0.2, -0.15) is 0 Å². The van der Waals surface area contributed by atoms with Crippen LogP contribution in [-0.4, -0.2) is 37.0 Å². The van der Waals surface area contributed by atoms with Gasteiger partial charge in [0.15, 0.2) is 0 Å². The Balaban J connectivity index is 0.00000180. The Morgan fingerprint density at radius 3 is 2.32 bits per heavy atom. The fourth-order valence-corrected chi connectivity index (χ4v) is 3.35. The maximum atomic E-state index is 12.6. The van der Waals surface area contributed by atoms with Crippen molar-refractivity contribution in [3.8, 4) is 0 Å². The highest BCUT2D eigenvalue weighted by atomic mass is 35.5. The van der Waals surface area contributed by atoms with Gasteiger partial charge in [0, 0.05) is 18.5 Å². The predicted molar refractivity (Wildman–Crippen MR) is 81.7 cm³/mol. The number of likely N-dealkylation sites (tertiary alicyclic amines) is 1. The van der Waals surface area contributed by atoms with Crippen LogP contribution in [0.1, 0.15) is 52.4 Å². The van der Waals surface area contributed by atoms with Crippen molar-refractivity contribution in [3.05, 3.63) is 0 Å².